The van der Waals surface area contributed by atoms with Crippen LogP contribution in [0.1, 0.15) is 32.6 Å². The zero-order chi connectivity index (χ0) is 10.9. The van der Waals surface area contributed by atoms with E-state index in [9.17, 15) is 0 Å². The highest BCUT2D eigenvalue weighted by Gasteiger charge is 2.14. The Morgan fingerprint density at radius 3 is 2.73 bits per heavy atom. The smallest absolute Gasteiger partial charge is 0.0615 e. The number of ether oxygens (including phenoxy) is 1. The fourth-order valence-electron chi connectivity index (χ4n) is 2.21. The highest BCUT2D eigenvalue weighted by atomic mass is 16.5. The number of methoxy groups -OCH3 is 1. The average molecular weight is 214 g/mol. The molecule has 0 bridgehead atoms. The van der Waals surface area contributed by atoms with E-state index in [1.165, 1.54) is 38.8 Å². The molecule has 1 rings (SSSR count). The van der Waals surface area contributed by atoms with Gasteiger partial charge in [-0.25, -0.2) is 0 Å². The quantitative estimate of drug-likeness (QED) is 0.672. The van der Waals surface area contributed by atoms with Crippen molar-refractivity contribution in [2.75, 3.05) is 33.4 Å². The minimum atomic E-state index is 0.551. The standard InChI is InChI=1S/C12H26N2O/c1-3-4-12(10-15-2)14-9-11-5-7-13-8-6-11/h11-14H,3-10H2,1-2H3. The van der Waals surface area contributed by atoms with Crippen molar-refractivity contribution in [3.8, 4) is 0 Å². The topological polar surface area (TPSA) is 33.3 Å². The molecule has 1 saturated heterocycles. The summed E-state index contributed by atoms with van der Waals surface area (Å²) in [6.45, 7) is 6.62. The summed E-state index contributed by atoms with van der Waals surface area (Å²) in [4.78, 5) is 0. The van der Waals surface area contributed by atoms with Crippen LogP contribution in [-0.4, -0.2) is 39.4 Å². The third-order valence-corrected chi connectivity index (χ3v) is 3.16. The minimum Gasteiger partial charge on any atom is -0.383 e. The van der Waals surface area contributed by atoms with Crippen LogP contribution in [0.3, 0.4) is 0 Å². The molecule has 0 spiro atoms. The van der Waals surface area contributed by atoms with Crippen molar-refractivity contribution >= 4 is 0 Å². The van der Waals surface area contributed by atoms with E-state index in [1.54, 1.807) is 7.11 Å². The van der Waals surface area contributed by atoms with Gasteiger partial charge in [0.2, 0.25) is 0 Å². The van der Waals surface area contributed by atoms with Crippen molar-refractivity contribution < 1.29 is 4.74 Å². The third-order valence-electron chi connectivity index (χ3n) is 3.16. The predicted molar refractivity (Wildman–Crippen MR) is 64.2 cm³/mol. The highest BCUT2D eigenvalue weighted by molar-refractivity contribution is 4.73. The molecule has 0 aromatic carbocycles. The van der Waals surface area contributed by atoms with Crippen molar-refractivity contribution in [2.45, 2.75) is 38.6 Å². The Kier molecular flexibility index (Phi) is 6.98. The molecule has 0 saturated carbocycles. The van der Waals surface area contributed by atoms with Crippen LogP contribution in [0.4, 0.5) is 0 Å². The van der Waals surface area contributed by atoms with Crippen molar-refractivity contribution in [3.63, 3.8) is 0 Å². The van der Waals surface area contributed by atoms with Crippen molar-refractivity contribution in [2.24, 2.45) is 5.92 Å². The van der Waals surface area contributed by atoms with Crippen LogP contribution in [-0.2, 0) is 4.74 Å². The molecule has 3 heteroatoms. The van der Waals surface area contributed by atoms with Crippen molar-refractivity contribution in [3.05, 3.63) is 0 Å². The number of rotatable bonds is 7. The van der Waals surface area contributed by atoms with Crippen LogP contribution in [0, 0.1) is 5.92 Å². The zero-order valence-corrected chi connectivity index (χ0v) is 10.2. The molecule has 1 heterocycles. The zero-order valence-electron chi connectivity index (χ0n) is 10.2. The maximum atomic E-state index is 5.22. The van der Waals surface area contributed by atoms with Gasteiger partial charge in [0.05, 0.1) is 6.61 Å². The van der Waals surface area contributed by atoms with Gasteiger partial charge in [-0.2, -0.15) is 0 Å². The summed E-state index contributed by atoms with van der Waals surface area (Å²) in [6.07, 6.45) is 5.09. The second-order valence-electron chi connectivity index (χ2n) is 4.54. The number of hydrogen-bond donors (Lipinski definition) is 2. The Bertz CT molecular complexity index is 141. The molecule has 2 N–H and O–H groups in total. The molecule has 15 heavy (non-hydrogen) atoms. The average Bonchev–Trinajstić information content (AvgIpc) is 2.28. The maximum absolute atomic E-state index is 5.22. The fourth-order valence-corrected chi connectivity index (χ4v) is 2.21. The van der Waals surface area contributed by atoms with E-state index in [0.717, 1.165) is 19.1 Å². The molecule has 0 aromatic rings. The molecular formula is C12H26N2O. The second-order valence-corrected chi connectivity index (χ2v) is 4.54. The molecule has 0 amide bonds. The molecular weight excluding hydrogens is 188 g/mol. The van der Waals surface area contributed by atoms with E-state index in [1.807, 2.05) is 0 Å². The SMILES string of the molecule is CCCC(COC)NCC1CCNCC1. The van der Waals surface area contributed by atoms with E-state index >= 15 is 0 Å². The molecule has 1 aliphatic rings. The molecule has 90 valence electrons. The number of hydrogen-bond acceptors (Lipinski definition) is 3. The normalized spacial score (nSPS) is 20.4. The molecule has 0 radical (unpaired) electrons. The summed E-state index contributed by atoms with van der Waals surface area (Å²) in [5, 5.41) is 7.04. The molecule has 0 aliphatic carbocycles. The first-order valence-corrected chi connectivity index (χ1v) is 6.29. The summed E-state index contributed by atoms with van der Waals surface area (Å²) in [7, 11) is 1.79. The summed E-state index contributed by atoms with van der Waals surface area (Å²) in [5.41, 5.74) is 0. The van der Waals surface area contributed by atoms with Crippen LogP contribution in [0.15, 0.2) is 0 Å². The first-order chi connectivity index (χ1) is 7.36. The Labute approximate surface area is 94.0 Å². The lowest BCUT2D eigenvalue weighted by atomic mass is 9.97. The summed E-state index contributed by atoms with van der Waals surface area (Å²) < 4.78 is 5.22. The first kappa shape index (κ1) is 12.9. The predicted octanol–water partition coefficient (Wildman–Crippen LogP) is 1.39. The van der Waals surface area contributed by atoms with E-state index in [4.69, 9.17) is 4.74 Å². The second kappa shape index (κ2) is 8.08. The minimum absolute atomic E-state index is 0.551. The van der Waals surface area contributed by atoms with E-state index in [2.05, 4.69) is 17.6 Å². The summed E-state index contributed by atoms with van der Waals surface area (Å²) in [6, 6.07) is 0.551. The van der Waals surface area contributed by atoms with Crippen LogP contribution < -0.4 is 10.6 Å². The Balaban J connectivity index is 2.13. The Hall–Kier alpha value is -0.120. The van der Waals surface area contributed by atoms with Gasteiger partial charge in [0, 0.05) is 13.2 Å². The van der Waals surface area contributed by atoms with Crippen LogP contribution >= 0.6 is 0 Å². The summed E-state index contributed by atoms with van der Waals surface area (Å²) >= 11 is 0. The molecule has 0 aromatic heterocycles. The van der Waals surface area contributed by atoms with Gasteiger partial charge in [0.15, 0.2) is 0 Å². The Morgan fingerprint density at radius 1 is 1.40 bits per heavy atom. The van der Waals surface area contributed by atoms with Gasteiger partial charge in [-0.1, -0.05) is 13.3 Å². The van der Waals surface area contributed by atoms with Crippen LogP contribution in [0.2, 0.25) is 0 Å². The molecule has 1 fully saturated rings. The lowest BCUT2D eigenvalue weighted by molar-refractivity contribution is 0.158. The third kappa shape index (κ3) is 5.50. The Morgan fingerprint density at radius 2 is 2.13 bits per heavy atom. The van der Waals surface area contributed by atoms with Crippen LogP contribution in [0.5, 0.6) is 0 Å². The molecule has 1 atom stereocenters. The van der Waals surface area contributed by atoms with Gasteiger partial charge in [-0.05, 0) is 44.8 Å². The van der Waals surface area contributed by atoms with E-state index < -0.39 is 0 Å². The van der Waals surface area contributed by atoms with Crippen molar-refractivity contribution in [1.82, 2.24) is 10.6 Å². The molecule has 3 nitrogen and oxygen atoms in total. The van der Waals surface area contributed by atoms with Crippen LogP contribution in [0.25, 0.3) is 0 Å². The summed E-state index contributed by atoms with van der Waals surface area (Å²) in [5.74, 6) is 0.863. The van der Waals surface area contributed by atoms with E-state index in [0.29, 0.717) is 6.04 Å². The first-order valence-electron chi connectivity index (χ1n) is 6.29. The lowest BCUT2D eigenvalue weighted by Gasteiger charge is -2.25. The number of nitrogens with one attached hydrogen (secondary N) is 2. The van der Waals surface area contributed by atoms with Gasteiger partial charge in [-0.15, -0.1) is 0 Å². The fraction of sp³-hybridized carbons (Fsp3) is 1.00. The van der Waals surface area contributed by atoms with Gasteiger partial charge < -0.3 is 15.4 Å². The molecule has 1 aliphatic heterocycles. The van der Waals surface area contributed by atoms with Crippen molar-refractivity contribution in [1.29, 1.82) is 0 Å². The maximum Gasteiger partial charge on any atom is 0.0615 e. The van der Waals surface area contributed by atoms with Gasteiger partial charge >= 0.3 is 0 Å². The van der Waals surface area contributed by atoms with Gasteiger partial charge in [-0.3, -0.25) is 0 Å². The highest BCUT2D eigenvalue weighted by Crippen LogP contribution is 2.10. The monoisotopic (exact) mass is 214 g/mol. The van der Waals surface area contributed by atoms with Gasteiger partial charge in [0.25, 0.3) is 0 Å². The van der Waals surface area contributed by atoms with E-state index in [-0.39, 0.29) is 0 Å². The largest absolute Gasteiger partial charge is 0.383 e. The van der Waals surface area contributed by atoms with Gasteiger partial charge in [0.1, 0.15) is 0 Å². The number of piperidine rings is 1. The molecule has 1 unspecified atom stereocenters. The lowest BCUT2D eigenvalue weighted by Crippen LogP contribution is -2.39.